The van der Waals surface area contributed by atoms with Crippen LogP contribution in [0.5, 0.6) is 0 Å². The summed E-state index contributed by atoms with van der Waals surface area (Å²) in [6.45, 7) is 6.25. The second-order valence-electron chi connectivity index (χ2n) is 9.14. The van der Waals surface area contributed by atoms with E-state index in [2.05, 4.69) is 4.90 Å². The topological polar surface area (TPSA) is 45.2 Å². The highest BCUT2D eigenvalue weighted by atomic mass is 19.4. The first kappa shape index (κ1) is 26.5. The number of carbonyl (C=O) groups excluding carboxylic acids is 1. The van der Waals surface area contributed by atoms with Crippen molar-refractivity contribution in [2.24, 2.45) is 0 Å². The molecule has 0 N–H and O–H groups in total. The standard InChI is InChI=1S/C26H31F4N3O3/c27-23-6-4-21(5-7-23)25(34)33(9-8-31-10-13-35-14-11-31)19-24-18-32(12-15-36-24)17-20-2-1-3-22(16-20)26(28,29)30/h1-7,16,24H,8-15,17-19H2. The highest BCUT2D eigenvalue weighted by Crippen LogP contribution is 2.30. The Morgan fingerprint density at radius 2 is 1.72 bits per heavy atom. The normalized spacial score (nSPS) is 19.8. The summed E-state index contributed by atoms with van der Waals surface area (Å²) >= 11 is 0. The maximum absolute atomic E-state index is 13.4. The molecule has 1 atom stereocenters. The molecular weight excluding hydrogens is 478 g/mol. The van der Waals surface area contributed by atoms with E-state index in [-0.39, 0.29) is 12.0 Å². The largest absolute Gasteiger partial charge is 0.416 e. The van der Waals surface area contributed by atoms with Gasteiger partial charge < -0.3 is 14.4 Å². The van der Waals surface area contributed by atoms with E-state index in [9.17, 15) is 22.4 Å². The minimum absolute atomic E-state index is 0.207. The molecule has 0 aromatic heterocycles. The van der Waals surface area contributed by atoms with E-state index in [4.69, 9.17) is 9.47 Å². The molecule has 0 spiro atoms. The molecule has 1 amide bonds. The molecule has 2 heterocycles. The van der Waals surface area contributed by atoms with Crippen LogP contribution < -0.4 is 0 Å². The second kappa shape index (κ2) is 12.1. The van der Waals surface area contributed by atoms with Gasteiger partial charge in [-0.25, -0.2) is 4.39 Å². The molecule has 2 aliphatic rings. The van der Waals surface area contributed by atoms with Crippen LogP contribution >= 0.6 is 0 Å². The fraction of sp³-hybridized carbons (Fsp3) is 0.500. The van der Waals surface area contributed by atoms with Crippen molar-refractivity contribution in [3.8, 4) is 0 Å². The van der Waals surface area contributed by atoms with Crippen molar-refractivity contribution in [2.75, 3.05) is 65.6 Å². The van der Waals surface area contributed by atoms with E-state index in [1.54, 1.807) is 11.0 Å². The van der Waals surface area contributed by atoms with Crippen LogP contribution in [0.1, 0.15) is 21.5 Å². The third-order valence-electron chi connectivity index (χ3n) is 6.48. The molecule has 2 aromatic carbocycles. The number of benzene rings is 2. The highest BCUT2D eigenvalue weighted by Gasteiger charge is 2.31. The van der Waals surface area contributed by atoms with Crippen molar-refractivity contribution in [1.29, 1.82) is 0 Å². The van der Waals surface area contributed by atoms with Crippen molar-refractivity contribution < 1.29 is 31.8 Å². The molecule has 36 heavy (non-hydrogen) atoms. The Kier molecular flexibility index (Phi) is 8.95. The summed E-state index contributed by atoms with van der Waals surface area (Å²) in [5.41, 5.74) is 0.316. The Balaban J connectivity index is 1.41. The molecule has 10 heteroatoms. The lowest BCUT2D eigenvalue weighted by Gasteiger charge is -2.37. The number of rotatable bonds is 8. The van der Waals surface area contributed by atoms with E-state index >= 15 is 0 Å². The summed E-state index contributed by atoms with van der Waals surface area (Å²) in [4.78, 5) is 19.3. The van der Waals surface area contributed by atoms with Gasteiger partial charge in [-0.1, -0.05) is 18.2 Å². The monoisotopic (exact) mass is 509 g/mol. The molecule has 2 saturated heterocycles. The summed E-state index contributed by atoms with van der Waals surface area (Å²) in [6, 6.07) is 10.8. The molecule has 6 nitrogen and oxygen atoms in total. The third kappa shape index (κ3) is 7.49. The summed E-state index contributed by atoms with van der Waals surface area (Å²) in [5, 5.41) is 0. The molecule has 0 radical (unpaired) electrons. The van der Waals surface area contributed by atoms with Crippen molar-refractivity contribution in [2.45, 2.75) is 18.8 Å². The van der Waals surface area contributed by atoms with Crippen LogP contribution in [0.15, 0.2) is 48.5 Å². The SMILES string of the molecule is O=C(c1ccc(F)cc1)N(CCN1CCOCC1)CC1CN(Cc2cccc(C(F)(F)F)c2)CCO1. The van der Waals surface area contributed by atoms with E-state index in [1.807, 2.05) is 4.90 Å². The number of alkyl halides is 3. The minimum Gasteiger partial charge on any atom is -0.379 e. The Bertz CT molecular complexity index is 997. The van der Waals surface area contributed by atoms with Crippen LogP contribution in [-0.4, -0.2) is 92.3 Å². The molecule has 4 rings (SSSR count). The molecule has 2 aromatic rings. The Labute approximate surface area is 208 Å². The summed E-state index contributed by atoms with van der Waals surface area (Å²) in [7, 11) is 0. The summed E-state index contributed by atoms with van der Waals surface area (Å²) < 4.78 is 64.0. The molecule has 2 aliphatic heterocycles. The van der Waals surface area contributed by atoms with Gasteiger partial charge in [0.2, 0.25) is 0 Å². The molecule has 0 bridgehead atoms. The zero-order valence-corrected chi connectivity index (χ0v) is 20.1. The van der Waals surface area contributed by atoms with E-state index < -0.39 is 17.6 Å². The third-order valence-corrected chi connectivity index (χ3v) is 6.48. The van der Waals surface area contributed by atoms with Crippen molar-refractivity contribution in [3.05, 3.63) is 71.0 Å². The molecule has 0 saturated carbocycles. The van der Waals surface area contributed by atoms with Gasteiger partial charge in [-0.05, 0) is 35.9 Å². The molecular formula is C26H31F4N3O3. The molecule has 2 fully saturated rings. The van der Waals surface area contributed by atoms with Crippen LogP contribution in [0.4, 0.5) is 17.6 Å². The first-order chi connectivity index (χ1) is 17.3. The first-order valence-corrected chi connectivity index (χ1v) is 12.1. The van der Waals surface area contributed by atoms with Crippen molar-refractivity contribution in [3.63, 3.8) is 0 Å². The fourth-order valence-corrected chi connectivity index (χ4v) is 4.52. The van der Waals surface area contributed by atoms with Gasteiger partial charge in [-0.2, -0.15) is 13.2 Å². The van der Waals surface area contributed by atoms with E-state index in [1.165, 1.54) is 36.4 Å². The maximum atomic E-state index is 13.4. The van der Waals surface area contributed by atoms with Gasteiger partial charge in [0.15, 0.2) is 0 Å². The van der Waals surface area contributed by atoms with Gasteiger partial charge in [0, 0.05) is 57.9 Å². The number of carbonyl (C=O) groups is 1. The number of hydrogen-bond donors (Lipinski definition) is 0. The van der Waals surface area contributed by atoms with Crippen LogP contribution in [0, 0.1) is 5.82 Å². The quantitative estimate of drug-likeness (QED) is 0.510. The van der Waals surface area contributed by atoms with Crippen LogP contribution in [0.3, 0.4) is 0 Å². The average Bonchev–Trinajstić information content (AvgIpc) is 2.87. The van der Waals surface area contributed by atoms with Gasteiger partial charge >= 0.3 is 6.18 Å². The van der Waals surface area contributed by atoms with Crippen LogP contribution in [0.25, 0.3) is 0 Å². The number of morpholine rings is 2. The minimum atomic E-state index is -4.38. The van der Waals surface area contributed by atoms with Crippen LogP contribution in [-0.2, 0) is 22.2 Å². The number of nitrogens with zero attached hydrogens (tertiary/aromatic N) is 3. The Hall–Kier alpha value is -2.53. The smallest absolute Gasteiger partial charge is 0.379 e. The zero-order valence-electron chi connectivity index (χ0n) is 20.1. The fourth-order valence-electron chi connectivity index (χ4n) is 4.52. The zero-order chi connectivity index (χ0) is 25.5. The van der Waals surface area contributed by atoms with Gasteiger partial charge in [0.1, 0.15) is 5.82 Å². The van der Waals surface area contributed by atoms with Gasteiger partial charge in [-0.15, -0.1) is 0 Å². The lowest BCUT2D eigenvalue weighted by atomic mass is 10.1. The number of ether oxygens (including phenoxy) is 2. The van der Waals surface area contributed by atoms with Gasteiger partial charge in [0.05, 0.1) is 31.5 Å². The van der Waals surface area contributed by atoms with Gasteiger partial charge in [0.25, 0.3) is 5.91 Å². The predicted molar refractivity (Wildman–Crippen MR) is 126 cm³/mol. The van der Waals surface area contributed by atoms with E-state index in [0.717, 1.165) is 19.2 Å². The molecule has 0 aliphatic carbocycles. The number of amides is 1. The summed E-state index contributed by atoms with van der Waals surface area (Å²) in [6.07, 6.45) is -4.68. The Morgan fingerprint density at radius 3 is 2.44 bits per heavy atom. The lowest BCUT2D eigenvalue weighted by molar-refractivity contribution is -0.137. The number of halogens is 4. The predicted octanol–water partition coefficient (Wildman–Crippen LogP) is 3.52. The van der Waals surface area contributed by atoms with Crippen molar-refractivity contribution >= 4 is 5.91 Å². The van der Waals surface area contributed by atoms with Gasteiger partial charge in [-0.3, -0.25) is 14.6 Å². The van der Waals surface area contributed by atoms with Crippen LogP contribution in [0.2, 0.25) is 0 Å². The average molecular weight is 510 g/mol. The van der Waals surface area contributed by atoms with E-state index in [0.29, 0.717) is 70.2 Å². The maximum Gasteiger partial charge on any atom is 0.416 e. The highest BCUT2D eigenvalue weighted by molar-refractivity contribution is 5.94. The van der Waals surface area contributed by atoms with Crippen molar-refractivity contribution in [1.82, 2.24) is 14.7 Å². The Morgan fingerprint density at radius 1 is 1.00 bits per heavy atom. The first-order valence-electron chi connectivity index (χ1n) is 12.1. The second-order valence-corrected chi connectivity index (χ2v) is 9.14. The number of hydrogen-bond acceptors (Lipinski definition) is 5. The lowest BCUT2D eigenvalue weighted by Crippen LogP contribution is -2.50. The molecule has 1 unspecified atom stereocenters. The summed E-state index contributed by atoms with van der Waals surface area (Å²) in [5.74, 6) is -0.617. The molecule has 196 valence electrons.